The van der Waals surface area contributed by atoms with Gasteiger partial charge in [-0.2, -0.15) is 0 Å². The molecule has 1 rings (SSSR count). The van der Waals surface area contributed by atoms with E-state index in [0.717, 1.165) is 11.4 Å². The molecule has 0 atom stereocenters. The van der Waals surface area contributed by atoms with Crippen molar-refractivity contribution in [1.29, 1.82) is 0 Å². The van der Waals surface area contributed by atoms with Crippen LogP contribution >= 0.6 is 11.6 Å². The Morgan fingerprint density at radius 3 is 2.09 bits per heavy atom. The zero-order chi connectivity index (χ0) is 8.59. The Hall–Kier alpha value is -0.500. The molecule has 0 bridgehead atoms. The topological polar surface area (TPSA) is 17.8 Å². The molecule has 0 N–H and O–H groups in total. The Balaban J connectivity index is 3.22. The second kappa shape index (κ2) is 2.86. The van der Waals surface area contributed by atoms with E-state index in [1.54, 1.807) is 0 Å². The van der Waals surface area contributed by atoms with Crippen LogP contribution in [0.15, 0.2) is 0 Å². The minimum absolute atomic E-state index is 0.392. The first-order chi connectivity index (χ1) is 5.04. The van der Waals surface area contributed by atoms with Gasteiger partial charge in [-0.3, -0.25) is 0 Å². The lowest BCUT2D eigenvalue weighted by Gasteiger charge is -2.09. The first-order valence-electron chi connectivity index (χ1n) is 3.75. The number of aryl methyl sites for hydroxylation is 1. The number of halogens is 1. The van der Waals surface area contributed by atoms with Crippen molar-refractivity contribution in [2.24, 2.45) is 0 Å². The molecule has 62 valence electrons. The summed E-state index contributed by atoms with van der Waals surface area (Å²) < 4.78 is 2.02. The van der Waals surface area contributed by atoms with Crippen LogP contribution < -0.4 is 0 Å². The van der Waals surface area contributed by atoms with Crippen molar-refractivity contribution in [2.75, 3.05) is 0 Å². The average molecular weight is 173 g/mol. The lowest BCUT2D eigenvalue weighted by molar-refractivity contribution is 0.586. The fraction of sp³-hybridized carbons (Fsp3) is 0.625. The number of hydrogen-bond donors (Lipinski definition) is 0. The molecule has 0 aliphatic heterocycles. The molecule has 3 heteroatoms. The first-order valence-corrected chi connectivity index (χ1v) is 4.12. The smallest absolute Gasteiger partial charge is 0.203 e. The SMILES string of the molecule is Cc1nc(Cl)n(C(C)C)c1C. The molecule has 2 nitrogen and oxygen atoms in total. The van der Waals surface area contributed by atoms with Crippen LogP contribution in [0.1, 0.15) is 31.3 Å². The Bertz CT molecular complexity index is 263. The molecule has 0 radical (unpaired) electrons. The van der Waals surface area contributed by atoms with Gasteiger partial charge in [-0.1, -0.05) is 0 Å². The van der Waals surface area contributed by atoms with E-state index in [1.807, 2.05) is 18.4 Å². The van der Waals surface area contributed by atoms with E-state index in [0.29, 0.717) is 11.3 Å². The molecule has 0 aliphatic carbocycles. The highest BCUT2D eigenvalue weighted by molar-refractivity contribution is 6.28. The van der Waals surface area contributed by atoms with Crippen LogP contribution in [0.2, 0.25) is 5.28 Å². The Morgan fingerprint density at radius 1 is 1.36 bits per heavy atom. The highest BCUT2D eigenvalue weighted by Crippen LogP contribution is 2.19. The molecule has 1 aromatic heterocycles. The van der Waals surface area contributed by atoms with E-state index < -0.39 is 0 Å². The van der Waals surface area contributed by atoms with Gasteiger partial charge in [0.1, 0.15) is 0 Å². The van der Waals surface area contributed by atoms with Crippen LogP contribution in [-0.2, 0) is 0 Å². The molecule has 0 aromatic carbocycles. The molecule has 0 amide bonds. The van der Waals surface area contributed by atoms with Gasteiger partial charge in [0.25, 0.3) is 0 Å². The van der Waals surface area contributed by atoms with Crippen molar-refractivity contribution in [3.63, 3.8) is 0 Å². The first kappa shape index (κ1) is 8.60. The summed E-state index contributed by atoms with van der Waals surface area (Å²) in [5, 5.41) is 0.593. The fourth-order valence-corrected chi connectivity index (χ4v) is 1.63. The quantitative estimate of drug-likeness (QED) is 0.637. The molecule has 0 spiro atoms. The Morgan fingerprint density at radius 2 is 1.91 bits per heavy atom. The molecule has 1 heterocycles. The van der Waals surface area contributed by atoms with Gasteiger partial charge in [0.15, 0.2) is 0 Å². The number of rotatable bonds is 1. The van der Waals surface area contributed by atoms with E-state index >= 15 is 0 Å². The fourth-order valence-electron chi connectivity index (χ4n) is 1.19. The Labute approximate surface area is 72.2 Å². The van der Waals surface area contributed by atoms with Crippen molar-refractivity contribution in [3.05, 3.63) is 16.7 Å². The third-order valence-electron chi connectivity index (χ3n) is 1.86. The third-order valence-corrected chi connectivity index (χ3v) is 2.13. The van der Waals surface area contributed by atoms with Gasteiger partial charge in [0.05, 0.1) is 5.69 Å². The maximum Gasteiger partial charge on any atom is 0.203 e. The summed E-state index contributed by atoms with van der Waals surface area (Å²) in [6, 6.07) is 0.392. The van der Waals surface area contributed by atoms with Gasteiger partial charge in [-0.25, -0.2) is 4.98 Å². The largest absolute Gasteiger partial charge is 0.316 e. The molecule has 11 heavy (non-hydrogen) atoms. The second-order valence-corrected chi connectivity index (χ2v) is 3.35. The van der Waals surface area contributed by atoms with Crippen LogP contribution in [0.25, 0.3) is 0 Å². The number of aromatic nitrogens is 2. The molecular formula is C8H13ClN2. The lowest BCUT2D eigenvalue weighted by atomic mass is 10.3. The lowest BCUT2D eigenvalue weighted by Crippen LogP contribution is -2.02. The van der Waals surface area contributed by atoms with E-state index in [2.05, 4.69) is 18.8 Å². The summed E-state index contributed by atoms with van der Waals surface area (Å²) in [5.74, 6) is 0. The van der Waals surface area contributed by atoms with Gasteiger partial charge in [0.2, 0.25) is 5.28 Å². The van der Waals surface area contributed by atoms with Crippen molar-refractivity contribution in [2.45, 2.75) is 33.7 Å². The predicted molar refractivity (Wildman–Crippen MR) is 47.1 cm³/mol. The third kappa shape index (κ3) is 1.41. The molecule has 0 aliphatic rings. The number of imidazole rings is 1. The highest BCUT2D eigenvalue weighted by atomic mass is 35.5. The van der Waals surface area contributed by atoms with Gasteiger partial charge < -0.3 is 4.57 Å². The van der Waals surface area contributed by atoms with Crippen molar-refractivity contribution in [3.8, 4) is 0 Å². The summed E-state index contributed by atoms with van der Waals surface area (Å²) in [6.45, 7) is 8.20. The molecular weight excluding hydrogens is 160 g/mol. The maximum atomic E-state index is 5.90. The molecule has 0 saturated heterocycles. The van der Waals surface area contributed by atoms with E-state index in [1.165, 1.54) is 0 Å². The van der Waals surface area contributed by atoms with E-state index in [4.69, 9.17) is 11.6 Å². The number of nitrogens with zero attached hydrogens (tertiary/aromatic N) is 2. The predicted octanol–water partition coefficient (Wildman–Crippen LogP) is 2.73. The highest BCUT2D eigenvalue weighted by Gasteiger charge is 2.10. The van der Waals surface area contributed by atoms with Crippen molar-refractivity contribution < 1.29 is 0 Å². The standard InChI is InChI=1S/C8H13ClN2/c1-5(2)11-7(4)6(3)10-8(11)9/h5H,1-4H3. The summed E-state index contributed by atoms with van der Waals surface area (Å²) in [4.78, 5) is 4.16. The Kier molecular flexibility index (Phi) is 2.23. The van der Waals surface area contributed by atoms with Crippen molar-refractivity contribution in [1.82, 2.24) is 9.55 Å². The van der Waals surface area contributed by atoms with Crippen LogP contribution in [0.3, 0.4) is 0 Å². The van der Waals surface area contributed by atoms with Gasteiger partial charge in [-0.15, -0.1) is 0 Å². The average Bonchev–Trinajstić information content (AvgIpc) is 2.07. The van der Waals surface area contributed by atoms with Gasteiger partial charge >= 0.3 is 0 Å². The summed E-state index contributed by atoms with van der Waals surface area (Å²) in [5.41, 5.74) is 2.17. The van der Waals surface area contributed by atoms with E-state index in [-0.39, 0.29) is 0 Å². The van der Waals surface area contributed by atoms with Crippen molar-refractivity contribution >= 4 is 11.6 Å². The molecule has 0 unspecified atom stereocenters. The normalized spacial score (nSPS) is 11.1. The summed E-state index contributed by atoms with van der Waals surface area (Å²) >= 11 is 5.90. The molecule has 0 fully saturated rings. The molecule has 0 saturated carbocycles. The van der Waals surface area contributed by atoms with E-state index in [9.17, 15) is 0 Å². The number of hydrogen-bond acceptors (Lipinski definition) is 1. The summed E-state index contributed by atoms with van der Waals surface area (Å²) in [7, 11) is 0. The van der Waals surface area contributed by atoms with Crippen LogP contribution in [0.4, 0.5) is 0 Å². The van der Waals surface area contributed by atoms with Gasteiger partial charge in [-0.05, 0) is 39.3 Å². The zero-order valence-electron chi connectivity index (χ0n) is 7.35. The minimum Gasteiger partial charge on any atom is -0.316 e. The second-order valence-electron chi connectivity index (χ2n) is 3.02. The summed E-state index contributed by atoms with van der Waals surface area (Å²) in [6.07, 6.45) is 0. The van der Waals surface area contributed by atoms with Crippen LogP contribution in [0.5, 0.6) is 0 Å². The maximum absolute atomic E-state index is 5.90. The van der Waals surface area contributed by atoms with Crippen LogP contribution in [-0.4, -0.2) is 9.55 Å². The zero-order valence-corrected chi connectivity index (χ0v) is 8.11. The monoisotopic (exact) mass is 172 g/mol. The van der Waals surface area contributed by atoms with Gasteiger partial charge in [0, 0.05) is 11.7 Å². The minimum atomic E-state index is 0.392. The van der Waals surface area contributed by atoms with Crippen LogP contribution in [0, 0.1) is 13.8 Å². The molecule has 1 aromatic rings.